The summed E-state index contributed by atoms with van der Waals surface area (Å²) in [4.78, 5) is 12.3. The zero-order valence-corrected chi connectivity index (χ0v) is 17.2. The lowest BCUT2D eigenvalue weighted by atomic mass is 10.1. The number of rotatable bonds is 8. The van der Waals surface area contributed by atoms with Crippen LogP contribution in [0.25, 0.3) is 0 Å². The van der Waals surface area contributed by atoms with Crippen molar-refractivity contribution >= 4 is 39.1 Å². The van der Waals surface area contributed by atoms with E-state index in [4.69, 9.17) is 27.9 Å². The lowest BCUT2D eigenvalue weighted by Crippen LogP contribution is -2.36. The first kappa shape index (κ1) is 21.5. The number of amides is 1. The highest BCUT2D eigenvalue weighted by molar-refractivity contribution is 7.88. The number of sulfonamides is 1. The van der Waals surface area contributed by atoms with Crippen molar-refractivity contribution in [3.8, 4) is 5.75 Å². The van der Waals surface area contributed by atoms with Gasteiger partial charge in [0, 0.05) is 11.6 Å². The third-order valence-corrected chi connectivity index (χ3v) is 5.64. The summed E-state index contributed by atoms with van der Waals surface area (Å²) in [6.45, 7) is 1.77. The smallest absolute Gasteiger partial charge is 0.261 e. The molecule has 146 valence electrons. The molecule has 0 aromatic heterocycles. The van der Waals surface area contributed by atoms with Crippen molar-refractivity contribution in [1.82, 2.24) is 10.0 Å². The van der Waals surface area contributed by atoms with E-state index in [0.29, 0.717) is 26.9 Å². The van der Waals surface area contributed by atoms with Gasteiger partial charge in [0.15, 0.2) is 6.10 Å². The Kier molecular flexibility index (Phi) is 7.49. The van der Waals surface area contributed by atoms with E-state index in [-0.39, 0.29) is 18.2 Å². The molecule has 1 atom stereocenters. The summed E-state index contributed by atoms with van der Waals surface area (Å²) < 4.78 is 31.4. The van der Waals surface area contributed by atoms with Crippen molar-refractivity contribution in [2.75, 3.05) is 7.05 Å². The molecule has 1 amide bonds. The Morgan fingerprint density at radius 3 is 2.44 bits per heavy atom. The largest absolute Gasteiger partial charge is 0.479 e. The predicted molar refractivity (Wildman–Crippen MR) is 107 cm³/mol. The average Bonchev–Trinajstić information content (AvgIpc) is 2.62. The van der Waals surface area contributed by atoms with E-state index in [1.54, 1.807) is 43.3 Å². The second-order valence-corrected chi connectivity index (χ2v) is 8.55. The fourth-order valence-electron chi connectivity index (χ4n) is 2.29. The number of carbonyl (C=O) groups is 1. The van der Waals surface area contributed by atoms with Crippen molar-refractivity contribution in [3.63, 3.8) is 0 Å². The molecule has 2 aromatic rings. The minimum Gasteiger partial charge on any atom is -0.479 e. The highest BCUT2D eigenvalue weighted by Gasteiger charge is 2.17. The number of nitrogens with one attached hydrogen (secondary N) is 2. The number of halogens is 2. The second kappa shape index (κ2) is 9.41. The van der Waals surface area contributed by atoms with Crippen molar-refractivity contribution < 1.29 is 17.9 Å². The molecule has 0 saturated carbocycles. The molecule has 0 aliphatic carbocycles. The van der Waals surface area contributed by atoms with Crippen LogP contribution in [0.1, 0.15) is 18.1 Å². The number of hydrogen-bond acceptors (Lipinski definition) is 4. The van der Waals surface area contributed by atoms with Crippen molar-refractivity contribution in [3.05, 3.63) is 63.6 Å². The Labute approximate surface area is 168 Å². The minimum atomic E-state index is -3.41. The van der Waals surface area contributed by atoms with Gasteiger partial charge < -0.3 is 10.1 Å². The molecule has 27 heavy (non-hydrogen) atoms. The lowest BCUT2D eigenvalue weighted by molar-refractivity contribution is -0.127. The standard InChI is InChI=1S/C18H20Cl2N2O4S/c1-12(26-17-8-7-15(19)9-16(17)20)18(23)22-10-13-5-3-4-6-14(13)11-27(24,25)21-2/h3-9,12,21H,10-11H2,1-2H3,(H,22,23). The molecule has 0 bridgehead atoms. The normalized spacial score (nSPS) is 12.4. The Balaban J connectivity index is 2.01. The Morgan fingerprint density at radius 2 is 1.81 bits per heavy atom. The molecule has 9 heteroatoms. The van der Waals surface area contributed by atoms with Gasteiger partial charge in [-0.05, 0) is 43.3 Å². The van der Waals surface area contributed by atoms with E-state index in [0.717, 1.165) is 0 Å². The van der Waals surface area contributed by atoms with Crippen LogP contribution in [0.5, 0.6) is 5.75 Å². The van der Waals surface area contributed by atoms with E-state index in [1.807, 2.05) is 0 Å². The fraction of sp³-hybridized carbons (Fsp3) is 0.278. The number of ether oxygens (including phenoxy) is 1. The predicted octanol–water partition coefficient (Wildman–Crippen LogP) is 3.13. The summed E-state index contributed by atoms with van der Waals surface area (Å²) in [7, 11) is -2.05. The van der Waals surface area contributed by atoms with Gasteiger partial charge in [0.2, 0.25) is 10.0 Å². The van der Waals surface area contributed by atoms with Crippen LogP contribution in [0, 0.1) is 0 Å². The summed E-state index contributed by atoms with van der Waals surface area (Å²) in [6, 6.07) is 11.7. The summed E-state index contributed by atoms with van der Waals surface area (Å²) in [5, 5.41) is 3.53. The maximum atomic E-state index is 12.3. The number of benzene rings is 2. The molecule has 0 aliphatic heterocycles. The van der Waals surface area contributed by atoms with Crippen LogP contribution in [-0.2, 0) is 27.1 Å². The van der Waals surface area contributed by atoms with Crippen LogP contribution in [0.4, 0.5) is 0 Å². The highest BCUT2D eigenvalue weighted by Crippen LogP contribution is 2.28. The molecule has 0 radical (unpaired) electrons. The van der Waals surface area contributed by atoms with Crippen LogP contribution in [0.2, 0.25) is 10.0 Å². The lowest BCUT2D eigenvalue weighted by Gasteiger charge is -2.16. The fourth-order valence-corrected chi connectivity index (χ4v) is 3.58. The Bertz CT molecular complexity index is 919. The van der Waals surface area contributed by atoms with Gasteiger partial charge in [0.25, 0.3) is 5.91 Å². The van der Waals surface area contributed by atoms with Crippen molar-refractivity contribution in [2.45, 2.75) is 25.3 Å². The summed E-state index contributed by atoms with van der Waals surface area (Å²) in [5.41, 5.74) is 1.32. The van der Waals surface area contributed by atoms with E-state index in [2.05, 4.69) is 10.0 Å². The second-order valence-electron chi connectivity index (χ2n) is 5.78. The molecular weight excluding hydrogens is 411 g/mol. The Hall–Kier alpha value is -1.80. The molecular formula is C18H20Cl2N2O4S. The van der Waals surface area contributed by atoms with E-state index < -0.39 is 16.1 Å². The quantitative estimate of drug-likeness (QED) is 0.673. The summed E-state index contributed by atoms with van der Waals surface area (Å²) >= 11 is 11.9. The van der Waals surface area contributed by atoms with Gasteiger partial charge in [0.1, 0.15) is 5.75 Å². The van der Waals surface area contributed by atoms with Crippen LogP contribution >= 0.6 is 23.2 Å². The first-order valence-corrected chi connectivity index (χ1v) is 10.5. The van der Waals surface area contributed by atoms with Crippen molar-refractivity contribution in [2.24, 2.45) is 0 Å². The number of hydrogen-bond donors (Lipinski definition) is 2. The molecule has 2 aromatic carbocycles. The summed E-state index contributed by atoms with van der Waals surface area (Å²) in [6.07, 6.45) is -0.795. The third-order valence-electron chi connectivity index (χ3n) is 3.79. The summed E-state index contributed by atoms with van der Waals surface area (Å²) in [5.74, 6) is -0.168. The van der Waals surface area contributed by atoms with Crippen molar-refractivity contribution in [1.29, 1.82) is 0 Å². The van der Waals surface area contributed by atoms with Gasteiger partial charge in [-0.15, -0.1) is 0 Å². The molecule has 0 spiro atoms. The first-order chi connectivity index (χ1) is 12.7. The van der Waals surface area contributed by atoms with Gasteiger partial charge in [0.05, 0.1) is 10.8 Å². The number of carbonyl (C=O) groups excluding carboxylic acids is 1. The van der Waals surface area contributed by atoms with Gasteiger partial charge in [-0.25, -0.2) is 13.1 Å². The first-order valence-electron chi connectivity index (χ1n) is 8.09. The maximum Gasteiger partial charge on any atom is 0.261 e. The molecule has 6 nitrogen and oxygen atoms in total. The molecule has 0 saturated heterocycles. The molecule has 2 rings (SSSR count). The third kappa shape index (κ3) is 6.39. The average molecular weight is 431 g/mol. The van der Waals surface area contributed by atoms with Gasteiger partial charge in [-0.1, -0.05) is 47.5 Å². The minimum absolute atomic E-state index is 0.165. The van der Waals surface area contributed by atoms with Crippen LogP contribution < -0.4 is 14.8 Å². The molecule has 0 heterocycles. The van der Waals surface area contributed by atoms with Crippen LogP contribution in [0.3, 0.4) is 0 Å². The Morgan fingerprint density at radius 1 is 1.15 bits per heavy atom. The van der Waals surface area contributed by atoms with Crippen LogP contribution in [0.15, 0.2) is 42.5 Å². The van der Waals surface area contributed by atoms with E-state index >= 15 is 0 Å². The van der Waals surface area contributed by atoms with Gasteiger partial charge >= 0.3 is 0 Å². The molecule has 0 fully saturated rings. The topological polar surface area (TPSA) is 84.5 Å². The van der Waals surface area contributed by atoms with E-state index in [9.17, 15) is 13.2 Å². The molecule has 1 unspecified atom stereocenters. The maximum absolute atomic E-state index is 12.3. The van der Waals surface area contributed by atoms with Gasteiger partial charge in [-0.2, -0.15) is 0 Å². The monoisotopic (exact) mass is 430 g/mol. The highest BCUT2D eigenvalue weighted by atomic mass is 35.5. The molecule has 0 aliphatic rings. The van der Waals surface area contributed by atoms with Gasteiger partial charge in [-0.3, -0.25) is 4.79 Å². The zero-order valence-electron chi connectivity index (χ0n) is 14.8. The SMILES string of the molecule is CNS(=O)(=O)Cc1ccccc1CNC(=O)C(C)Oc1ccc(Cl)cc1Cl. The van der Waals surface area contributed by atoms with E-state index in [1.165, 1.54) is 13.1 Å². The molecule has 2 N–H and O–H groups in total. The van der Waals surface area contributed by atoms with Crippen LogP contribution in [-0.4, -0.2) is 27.5 Å². The zero-order chi connectivity index (χ0) is 20.0.